The number of fused-ring (bicyclic) bond motifs is 1. The highest BCUT2D eigenvalue weighted by atomic mass is 35.5. The molecule has 0 amide bonds. The van der Waals surface area contributed by atoms with E-state index in [1.807, 2.05) is 6.07 Å². The van der Waals surface area contributed by atoms with Gasteiger partial charge in [-0.05, 0) is 29.7 Å². The first kappa shape index (κ1) is 7.62. The SMILES string of the molecule is O=C(O)C1Cc2cc(Cl)ccc21. The lowest BCUT2D eigenvalue weighted by Crippen LogP contribution is -2.24. The third kappa shape index (κ3) is 0.994. The van der Waals surface area contributed by atoms with Crippen LogP contribution < -0.4 is 0 Å². The summed E-state index contributed by atoms with van der Waals surface area (Å²) in [4.78, 5) is 10.6. The Labute approximate surface area is 74.8 Å². The van der Waals surface area contributed by atoms with Crippen molar-refractivity contribution in [2.75, 3.05) is 0 Å². The lowest BCUT2D eigenvalue weighted by atomic mass is 9.78. The fourth-order valence-electron chi connectivity index (χ4n) is 1.51. The van der Waals surface area contributed by atoms with Crippen molar-refractivity contribution in [2.45, 2.75) is 12.3 Å². The van der Waals surface area contributed by atoms with Gasteiger partial charge in [-0.1, -0.05) is 17.7 Å². The van der Waals surface area contributed by atoms with Crippen LogP contribution in [-0.4, -0.2) is 11.1 Å². The molecule has 0 heterocycles. The number of benzene rings is 1. The number of halogens is 1. The largest absolute Gasteiger partial charge is 0.481 e. The third-order valence-corrected chi connectivity index (χ3v) is 2.44. The summed E-state index contributed by atoms with van der Waals surface area (Å²) in [5.41, 5.74) is 1.97. The zero-order chi connectivity index (χ0) is 8.72. The van der Waals surface area contributed by atoms with Crippen LogP contribution in [0.4, 0.5) is 0 Å². The van der Waals surface area contributed by atoms with Gasteiger partial charge in [0.1, 0.15) is 0 Å². The fraction of sp³-hybridized carbons (Fsp3) is 0.222. The van der Waals surface area contributed by atoms with Crippen molar-refractivity contribution in [3.05, 3.63) is 34.3 Å². The van der Waals surface area contributed by atoms with E-state index in [4.69, 9.17) is 16.7 Å². The van der Waals surface area contributed by atoms with E-state index in [1.165, 1.54) is 0 Å². The monoisotopic (exact) mass is 182 g/mol. The summed E-state index contributed by atoms with van der Waals surface area (Å²) in [5.74, 6) is -1.05. The molecule has 0 radical (unpaired) electrons. The maximum absolute atomic E-state index is 10.6. The maximum Gasteiger partial charge on any atom is 0.311 e. The quantitative estimate of drug-likeness (QED) is 0.722. The molecule has 1 aliphatic rings. The topological polar surface area (TPSA) is 37.3 Å². The Morgan fingerprint density at radius 2 is 2.33 bits per heavy atom. The van der Waals surface area contributed by atoms with Gasteiger partial charge >= 0.3 is 5.97 Å². The summed E-state index contributed by atoms with van der Waals surface area (Å²) < 4.78 is 0. The Balaban J connectivity index is 2.37. The molecule has 12 heavy (non-hydrogen) atoms. The molecule has 2 nitrogen and oxygen atoms in total. The minimum Gasteiger partial charge on any atom is -0.481 e. The van der Waals surface area contributed by atoms with Crippen molar-refractivity contribution in [2.24, 2.45) is 0 Å². The van der Waals surface area contributed by atoms with Gasteiger partial charge in [-0.25, -0.2) is 0 Å². The molecule has 2 rings (SSSR count). The minimum absolute atomic E-state index is 0.308. The molecule has 0 aromatic heterocycles. The van der Waals surface area contributed by atoms with E-state index in [9.17, 15) is 4.79 Å². The van der Waals surface area contributed by atoms with Crippen LogP contribution in [0.15, 0.2) is 18.2 Å². The van der Waals surface area contributed by atoms with Crippen molar-refractivity contribution in [1.29, 1.82) is 0 Å². The van der Waals surface area contributed by atoms with Crippen LogP contribution in [0, 0.1) is 0 Å². The van der Waals surface area contributed by atoms with Crippen LogP contribution in [0.25, 0.3) is 0 Å². The number of hydrogen-bond acceptors (Lipinski definition) is 1. The van der Waals surface area contributed by atoms with Crippen LogP contribution in [0.5, 0.6) is 0 Å². The highest BCUT2D eigenvalue weighted by Gasteiger charge is 2.31. The summed E-state index contributed by atoms with van der Waals surface area (Å²) in [5, 5.41) is 9.39. The van der Waals surface area contributed by atoms with Crippen molar-refractivity contribution in [3.63, 3.8) is 0 Å². The second-order valence-electron chi connectivity index (χ2n) is 2.94. The van der Waals surface area contributed by atoms with E-state index in [-0.39, 0.29) is 5.92 Å². The average Bonchev–Trinajstić information content (AvgIpc) is 1.94. The molecule has 0 bridgehead atoms. The van der Waals surface area contributed by atoms with Gasteiger partial charge in [0.2, 0.25) is 0 Å². The fourth-order valence-corrected chi connectivity index (χ4v) is 1.70. The second kappa shape index (κ2) is 2.49. The van der Waals surface area contributed by atoms with Gasteiger partial charge in [-0.3, -0.25) is 4.79 Å². The zero-order valence-electron chi connectivity index (χ0n) is 6.25. The molecule has 1 unspecified atom stereocenters. The number of aliphatic carboxylic acids is 1. The van der Waals surface area contributed by atoms with Crippen molar-refractivity contribution >= 4 is 17.6 Å². The predicted molar refractivity (Wildman–Crippen MR) is 45.5 cm³/mol. The van der Waals surface area contributed by atoms with E-state index < -0.39 is 5.97 Å². The van der Waals surface area contributed by atoms with Crippen molar-refractivity contribution in [3.8, 4) is 0 Å². The minimum atomic E-state index is -0.746. The van der Waals surface area contributed by atoms with Gasteiger partial charge in [-0.15, -0.1) is 0 Å². The molecule has 1 aromatic carbocycles. The van der Waals surface area contributed by atoms with Gasteiger partial charge in [0.05, 0.1) is 5.92 Å². The highest BCUT2D eigenvalue weighted by Crippen LogP contribution is 2.36. The number of carboxylic acids is 1. The molecule has 3 heteroatoms. The summed E-state index contributed by atoms with van der Waals surface area (Å²) in [6, 6.07) is 5.35. The summed E-state index contributed by atoms with van der Waals surface area (Å²) in [7, 11) is 0. The highest BCUT2D eigenvalue weighted by molar-refractivity contribution is 6.30. The zero-order valence-corrected chi connectivity index (χ0v) is 7.01. The molecule has 1 atom stereocenters. The van der Waals surface area contributed by atoms with Crippen molar-refractivity contribution < 1.29 is 9.90 Å². The Bertz CT molecular complexity index is 346. The van der Waals surface area contributed by atoms with Gasteiger partial charge < -0.3 is 5.11 Å². The van der Waals surface area contributed by atoms with Crippen LogP contribution in [0.3, 0.4) is 0 Å². The Hall–Kier alpha value is -1.02. The Kier molecular flexibility index (Phi) is 1.58. The molecular formula is C9H7ClO2. The molecule has 1 aliphatic carbocycles. The number of hydrogen-bond donors (Lipinski definition) is 1. The maximum atomic E-state index is 10.6. The lowest BCUT2D eigenvalue weighted by molar-refractivity contribution is -0.139. The van der Waals surface area contributed by atoms with Crippen molar-refractivity contribution in [1.82, 2.24) is 0 Å². The molecule has 0 saturated carbocycles. The number of rotatable bonds is 1. The number of carboxylic acid groups (broad SMARTS) is 1. The first-order valence-corrected chi connectivity index (χ1v) is 4.07. The van der Waals surface area contributed by atoms with Gasteiger partial charge in [-0.2, -0.15) is 0 Å². The first-order valence-electron chi connectivity index (χ1n) is 3.69. The van der Waals surface area contributed by atoms with E-state index in [1.54, 1.807) is 12.1 Å². The molecule has 0 aliphatic heterocycles. The molecule has 1 N–H and O–H groups in total. The number of carbonyl (C=O) groups is 1. The van der Waals surface area contributed by atoms with Gasteiger partial charge in [0.15, 0.2) is 0 Å². The first-order chi connectivity index (χ1) is 5.68. The Morgan fingerprint density at radius 1 is 1.58 bits per heavy atom. The normalized spacial score (nSPS) is 19.6. The Morgan fingerprint density at radius 3 is 2.92 bits per heavy atom. The lowest BCUT2D eigenvalue weighted by Gasteiger charge is -2.26. The standard InChI is InChI=1S/C9H7ClO2/c10-6-1-2-7-5(3-6)4-8(7)9(11)12/h1-3,8H,4H2,(H,11,12). The molecule has 62 valence electrons. The third-order valence-electron chi connectivity index (χ3n) is 2.20. The van der Waals surface area contributed by atoms with E-state index in [0.717, 1.165) is 11.1 Å². The predicted octanol–water partition coefficient (Wildman–Crippen LogP) is 2.06. The summed E-state index contributed by atoms with van der Waals surface area (Å²) in [6.45, 7) is 0. The molecule has 0 saturated heterocycles. The summed E-state index contributed by atoms with van der Waals surface area (Å²) >= 11 is 5.73. The smallest absolute Gasteiger partial charge is 0.311 e. The molecular weight excluding hydrogens is 176 g/mol. The second-order valence-corrected chi connectivity index (χ2v) is 3.37. The van der Waals surface area contributed by atoms with Crippen LogP contribution in [0.2, 0.25) is 5.02 Å². The van der Waals surface area contributed by atoms with Crippen LogP contribution in [-0.2, 0) is 11.2 Å². The van der Waals surface area contributed by atoms with Gasteiger partial charge in [0, 0.05) is 5.02 Å². The molecule has 0 fully saturated rings. The summed E-state index contributed by atoms with van der Waals surface area (Å²) in [6.07, 6.45) is 0.616. The van der Waals surface area contributed by atoms with E-state index in [0.29, 0.717) is 11.4 Å². The van der Waals surface area contributed by atoms with Crippen LogP contribution >= 0.6 is 11.6 Å². The average molecular weight is 183 g/mol. The molecule has 1 aromatic rings. The van der Waals surface area contributed by atoms with Gasteiger partial charge in [0.25, 0.3) is 0 Å². The van der Waals surface area contributed by atoms with E-state index in [2.05, 4.69) is 0 Å². The molecule has 0 spiro atoms. The van der Waals surface area contributed by atoms with Crippen LogP contribution in [0.1, 0.15) is 17.0 Å². The van der Waals surface area contributed by atoms with E-state index >= 15 is 0 Å².